The molecule has 0 aliphatic rings. The van der Waals surface area contributed by atoms with Gasteiger partial charge in [0.2, 0.25) is 0 Å². The van der Waals surface area contributed by atoms with E-state index in [1.165, 1.54) is 6.07 Å². The van der Waals surface area contributed by atoms with E-state index in [2.05, 4.69) is 4.74 Å². The summed E-state index contributed by atoms with van der Waals surface area (Å²) in [5.41, 5.74) is -1.01. The molecule has 0 amide bonds. The molecule has 0 aromatic heterocycles. The topological polar surface area (TPSA) is 147 Å². The molecule has 0 saturated heterocycles. The number of aliphatic carboxylic acids is 1. The molecule has 0 spiro atoms. The Kier molecular flexibility index (Phi) is 5.33. The third-order valence-electron chi connectivity index (χ3n) is 2.72. The van der Waals surface area contributed by atoms with Crippen LogP contribution in [0, 0.1) is 10.1 Å². The largest absolute Gasteiger partial charge is 0.481 e. The number of hydrogen-bond acceptors (Lipinski definition) is 7. The van der Waals surface area contributed by atoms with Crippen LogP contribution < -0.4 is 0 Å². The second kappa shape index (κ2) is 6.77. The summed E-state index contributed by atoms with van der Waals surface area (Å²) in [5.74, 6) is -2.17. The van der Waals surface area contributed by atoms with Gasteiger partial charge < -0.3 is 20.1 Å². The smallest absolute Gasteiger partial charge is 0.338 e. The van der Waals surface area contributed by atoms with Crippen molar-refractivity contribution in [3.63, 3.8) is 0 Å². The van der Waals surface area contributed by atoms with Crippen molar-refractivity contribution in [2.45, 2.75) is 18.6 Å². The number of methoxy groups -OCH3 is 1. The van der Waals surface area contributed by atoms with Crippen LogP contribution in [0.2, 0.25) is 0 Å². The first-order chi connectivity index (χ1) is 9.77. The van der Waals surface area contributed by atoms with Crippen molar-refractivity contribution in [2.24, 2.45) is 0 Å². The molecule has 0 radical (unpaired) electrons. The molecular weight excluding hydrogens is 286 g/mol. The van der Waals surface area contributed by atoms with Crippen molar-refractivity contribution >= 4 is 17.6 Å². The van der Waals surface area contributed by atoms with E-state index in [1.54, 1.807) is 0 Å². The summed E-state index contributed by atoms with van der Waals surface area (Å²) in [6.07, 6.45) is -4.27. The molecule has 0 fully saturated rings. The third-order valence-corrected chi connectivity index (χ3v) is 2.72. The molecule has 0 aliphatic heterocycles. The van der Waals surface area contributed by atoms with Crippen LogP contribution in [-0.4, -0.2) is 45.4 Å². The van der Waals surface area contributed by atoms with E-state index in [0.717, 1.165) is 19.2 Å². The number of nitro benzene ring substituents is 1. The van der Waals surface area contributed by atoms with Crippen LogP contribution in [0.3, 0.4) is 0 Å². The number of aliphatic hydroxyl groups excluding tert-OH is 2. The number of carbonyl (C=O) groups excluding carboxylic acids is 1. The molecule has 2 atom stereocenters. The van der Waals surface area contributed by atoms with Crippen LogP contribution in [0.1, 0.15) is 28.4 Å². The van der Waals surface area contributed by atoms with Crippen molar-refractivity contribution in [1.82, 2.24) is 0 Å². The number of carboxylic acids is 1. The summed E-state index contributed by atoms with van der Waals surface area (Å²) in [7, 11) is 1.10. The highest BCUT2D eigenvalue weighted by molar-refractivity contribution is 5.90. The second-order valence-corrected chi connectivity index (χ2v) is 4.13. The van der Waals surface area contributed by atoms with Gasteiger partial charge >= 0.3 is 11.9 Å². The predicted octanol–water partition coefficient (Wildman–Crippen LogP) is 0.250. The lowest BCUT2D eigenvalue weighted by Gasteiger charge is -2.16. The van der Waals surface area contributed by atoms with E-state index in [9.17, 15) is 29.9 Å². The minimum atomic E-state index is -1.77. The third kappa shape index (κ3) is 3.97. The molecule has 0 saturated carbocycles. The van der Waals surface area contributed by atoms with Crippen LogP contribution in [0.5, 0.6) is 0 Å². The molecule has 9 heteroatoms. The average molecular weight is 299 g/mol. The number of nitrogens with zero attached hydrogens (tertiary/aromatic N) is 1. The molecule has 9 nitrogen and oxygen atoms in total. The first kappa shape index (κ1) is 16.5. The molecule has 21 heavy (non-hydrogen) atoms. The summed E-state index contributed by atoms with van der Waals surface area (Å²) in [5, 5.41) is 38.9. The minimum Gasteiger partial charge on any atom is -0.481 e. The quantitative estimate of drug-likeness (QED) is 0.384. The van der Waals surface area contributed by atoms with Gasteiger partial charge in [-0.25, -0.2) is 4.79 Å². The molecule has 0 bridgehead atoms. The summed E-state index contributed by atoms with van der Waals surface area (Å²) in [4.78, 5) is 31.9. The van der Waals surface area contributed by atoms with Crippen LogP contribution in [0.4, 0.5) is 5.69 Å². The fraction of sp³-hybridized carbons (Fsp3) is 0.333. The first-order valence-corrected chi connectivity index (χ1v) is 5.72. The number of esters is 1. The number of carbonyl (C=O) groups is 2. The van der Waals surface area contributed by atoms with E-state index in [-0.39, 0.29) is 11.1 Å². The zero-order valence-corrected chi connectivity index (χ0v) is 10.9. The van der Waals surface area contributed by atoms with Gasteiger partial charge in [-0.15, -0.1) is 0 Å². The van der Waals surface area contributed by atoms with Crippen LogP contribution in [0.25, 0.3) is 0 Å². The van der Waals surface area contributed by atoms with Crippen molar-refractivity contribution in [1.29, 1.82) is 0 Å². The SMILES string of the molecule is COC(=O)c1ccc(C(O)C(O)CC(=O)O)c([N+](=O)[O-])c1. The van der Waals surface area contributed by atoms with Crippen LogP contribution in [0.15, 0.2) is 18.2 Å². The van der Waals surface area contributed by atoms with Crippen LogP contribution >= 0.6 is 0 Å². The number of carboxylic acid groups (broad SMARTS) is 1. The van der Waals surface area contributed by atoms with E-state index in [0.29, 0.717) is 0 Å². The Morgan fingerprint density at radius 2 is 2.00 bits per heavy atom. The van der Waals surface area contributed by atoms with E-state index < -0.39 is 41.2 Å². The first-order valence-electron chi connectivity index (χ1n) is 5.72. The van der Waals surface area contributed by atoms with Crippen LogP contribution in [-0.2, 0) is 9.53 Å². The molecule has 114 valence electrons. The number of aliphatic hydroxyl groups is 2. The Morgan fingerprint density at radius 3 is 2.48 bits per heavy atom. The Balaban J connectivity index is 3.20. The Bertz CT molecular complexity index is 570. The summed E-state index contributed by atoms with van der Waals surface area (Å²) < 4.78 is 4.42. The van der Waals surface area contributed by atoms with Crippen molar-refractivity contribution in [3.05, 3.63) is 39.4 Å². The molecule has 1 aromatic rings. The highest BCUT2D eigenvalue weighted by atomic mass is 16.6. The Labute approximate surface area is 118 Å². The maximum absolute atomic E-state index is 11.3. The molecular formula is C12H13NO8. The van der Waals surface area contributed by atoms with Crippen molar-refractivity contribution in [3.8, 4) is 0 Å². The fourth-order valence-electron chi connectivity index (χ4n) is 1.69. The number of hydrogen-bond donors (Lipinski definition) is 3. The summed E-state index contributed by atoms with van der Waals surface area (Å²) in [6.45, 7) is 0. The second-order valence-electron chi connectivity index (χ2n) is 4.13. The maximum Gasteiger partial charge on any atom is 0.338 e. The normalized spacial score (nSPS) is 13.3. The zero-order chi connectivity index (χ0) is 16.2. The van der Waals surface area contributed by atoms with Crippen molar-refractivity contribution < 1.29 is 34.6 Å². The van der Waals surface area contributed by atoms with Gasteiger partial charge in [-0.2, -0.15) is 0 Å². The van der Waals surface area contributed by atoms with E-state index >= 15 is 0 Å². The average Bonchev–Trinajstić information content (AvgIpc) is 2.44. The highest BCUT2D eigenvalue weighted by Gasteiger charge is 2.28. The number of nitro groups is 1. The lowest BCUT2D eigenvalue weighted by molar-refractivity contribution is -0.386. The summed E-state index contributed by atoms with van der Waals surface area (Å²) >= 11 is 0. The molecule has 2 unspecified atom stereocenters. The van der Waals surface area contributed by atoms with Gasteiger partial charge in [0, 0.05) is 6.07 Å². The minimum absolute atomic E-state index is 0.104. The Morgan fingerprint density at radius 1 is 1.38 bits per heavy atom. The number of benzene rings is 1. The van der Waals surface area contributed by atoms with Gasteiger partial charge in [0.05, 0.1) is 35.7 Å². The Hall–Kier alpha value is -2.52. The molecule has 0 heterocycles. The lowest BCUT2D eigenvalue weighted by atomic mass is 9.99. The van der Waals surface area contributed by atoms with E-state index in [1.807, 2.05) is 0 Å². The molecule has 1 aromatic carbocycles. The fourth-order valence-corrected chi connectivity index (χ4v) is 1.69. The van der Waals surface area contributed by atoms with Gasteiger partial charge in [-0.05, 0) is 12.1 Å². The number of ether oxygens (including phenoxy) is 1. The van der Waals surface area contributed by atoms with Gasteiger partial charge in [-0.1, -0.05) is 0 Å². The van der Waals surface area contributed by atoms with Gasteiger partial charge in [-0.3, -0.25) is 14.9 Å². The molecule has 0 aliphatic carbocycles. The van der Waals surface area contributed by atoms with E-state index in [4.69, 9.17) is 5.11 Å². The van der Waals surface area contributed by atoms with Gasteiger partial charge in [0.1, 0.15) is 6.10 Å². The highest BCUT2D eigenvalue weighted by Crippen LogP contribution is 2.29. The number of rotatable bonds is 6. The zero-order valence-electron chi connectivity index (χ0n) is 10.9. The van der Waals surface area contributed by atoms with Gasteiger partial charge in [0.25, 0.3) is 5.69 Å². The maximum atomic E-state index is 11.3. The lowest BCUT2D eigenvalue weighted by Crippen LogP contribution is -2.22. The van der Waals surface area contributed by atoms with Crippen molar-refractivity contribution in [2.75, 3.05) is 7.11 Å². The molecule has 3 N–H and O–H groups in total. The standard InChI is InChI=1S/C12H13NO8/c1-21-12(18)6-2-3-7(8(4-6)13(19)20)11(17)9(14)5-10(15)16/h2-4,9,11,14,17H,5H2,1H3,(H,15,16). The summed E-state index contributed by atoms with van der Waals surface area (Å²) in [6, 6.07) is 3.13. The predicted molar refractivity (Wildman–Crippen MR) is 67.7 cm³/mol. The molecule has 1 rings (SSSR count). The monoisotopic (exact) mass is 299 g/mol. The van der Waals surface area contributed by atoms with Gasteiger partial charge in [0.15, 0.2) is 0 Å².